The van der Waals surface area contributed by atoms with E-state index < -0.39 is 47.8 Å². The van der Waals surface area contributed by atoms with E-state index >= 15 is 0 Å². The first kappa shape index (κ1) is 14.4. The van der Waals surface area contributed by atoms with Crippen molar-refractivity contribution in [3.8, 4) is 0 Å². The standard InChI is InChI=1S/C7HCl3N2O6/c8-2-3(9)5(11(15)16)1(7(13)14)6(4(2)10)12(17)18/h(H,13,14). The fraction of sp³-hybridized carbons (Fsp3) is 0. The van der Waals surface area contributed by atoms with Gasteiger partial charge < -0.3 is 5.11 Å². The Hall–Kier alpha value is -1.64. The van der Waals surface area contributed by atoms with Crippen LogP contribution < -0.4 is 0 Å². The lowest BCUT2D eigenvalue weighted by Gasteiger charge is -2.05. The zero-order valence-corrected chi connectivity index (χ0v) is 10.3. The number of nitrogens with zero attached hydrogens (tertiary/aromatic N) is 2. The monoisotopic (exact) mass is 314 g/mol. The van der Waals surface area contributed by atoms with Crippen LogP contribution in [0.5, 0.6) is 0 Å². The fourth-order valence-corrected chi connectivity index (χ4v) is 1.92. The number of nitro benzene ring substituents is 2. The molecule has 1 rings (SSSR count). The second-order valence-corrected chi connectivity index (χ2v) is 3.97. The van der Waals surface area contributed by atoms with Gasteiger partial charge in [0.05, 0.1) is 14.9 Å². The van der Waals surface area contributed by atoms with Gasteiger partial charge in [-0.3, -0.25) is 20.2 Å². The largest absolute Gasteiger partial charge is 0.477 e. The molecule has 0 unspecified atom stereocenters. The zero-order valence-electron chi connectivity index (χ0n) is 8.02. The molecule has 0 heterocycles. The first-order valence-corrected chi connectivity index (χ1v) is 5.06. The fourth-order valence-electron chi connectivity index (χ4n) is 1.18. The zero-order chi connectivity index (χ0) is 14.2. The van der Waals surface area contributed by atoms with E-state index in [4.69, 9.17) is 39.9 Å². The van der Waals surface area contributed by atoms with E-state index in [2.05, 4.69) is 0 Å². The summed E-state index contributed by atoms with van der Waals surface area (Å²) in [5, 5.41) is 28.1. The van der Waals surface area contributed by atoms with Crippen LogP contribution in [0.2, 0.25) is 15.1 Å². The first-order chi connectivity index (χ1) is 8.20. The van der Waals surface area contributed by atoms with Crippen LogP contribution in [0, 0.1) is 20.2 Å². The van der Waals surface area contributed by atoms with Crippen LogP contribution in [-0.4, -0.2) is 20.9 Å². The normalized spacial score (nSPS) is 10.2. The van der Waals surface area contributed by atoms with Crippen molar-refractivity contribution in [2.45, 2.75) is 0 Å². The summed E-state index contributed by atoms with van der Waals surface area (Å²) in [6, 6.07) is 0. The molecule has 11 heteroatoms. The molecule has 8 nitrogen and oxygen atoms in total. The molecule has 18 heavy (non-hydrogen) atoms. The molecule has 0 aliphatic rings. The molecule has 0 radical (unpaired) electrons. The molecule has 0 atom stereocenters. The Bertz CT molecular complexity index is 546. The minimum Gasteiger partial charge on any atom is -0.477 e. The second-order valence-electron chi connectivity index (χ2n) is 2.83. The third-order valence-electron chi connectivity index (χ3n) is 1.85. The van der Waals surface area contributed by atoms with Gasteiger partial charge >= 0.3 is 17.3 Å². The Balaban J connectivity index is 3.99. The summed E-state index contributed by atoms with van der Waals surface area (Å²) in [4.78, 5) is 30.0. The van der Waals surface area contributed by atoms with Crippen LogP contribution in [0.25, 0.3) is 0 Å². The molecule has 0 spiro atoms. The molecule has 0 aromatic heterocycles. The van der Waals surface area contributed by atoms with E-state index in [1.165, 1.54) is 0 Å². The number of hydrogen-bond donors (Lipinski definition) is 1. The number of hydrogen-bond acceptors (Lipinski definition) is 5. The summed E-state index contributed by atoms with van der Waals surface area (Å²) in [7, 11) is 0. The lowest BCUT2D eigenvalue weighted by Crippen LogP contribution is -2.08. The Morgan fingerprint density at radius 3 is 1.50 bits per heavy atom. The Morgan fingerprint density at radius 1 is 0.944 bits per heavy atom. The molecule has 0 saturated heterocycles. The summed E-state index contributed by atoms with van der Waals surface area (Å²) in [6.45, 7) is 0. The minimum absolute atomic E-state index is 0.651. The topological polar surface area (TPSA) is 124 Å². The van der Waals surface area contributed by atoms with Gasteiger partial charge in [0.15, 0.2) is 0 Å². The maximum Gasteiger partial charge on any atom is 0.350 e. The molecule has 0 fully saturated rings. The summed E-state index contributed by atoms with van der Waals surface area (Å²) in [5.41, 5.74) is -3.57. The van der Waals surface area contributed by atoms with Crippen molar-refractivity contribution in [1.82, 2.24) is 0 Å². The predicted molar refractivity (Wildman–Crippen MR) is 61.7 cm³/mol. The molecule has 0 amide bonds. The maximum absolute atomic E-state index is 10.9. The average molecular weight is 315 g/mol. The van der Waals surface area contributed by atoms with Crippen molar-refractivity contribution in [3.05, 3.63) is 40.9 Å². The van der Waals surface area contributed by atoms with Gasteiger partial charge in [-0.1, -0.05) is 34.8 Å². The van der Waals surface area contributed by atoms with Crippen LogP contribution in [-0.2, 0) is 0 Å². The summed E-state index contributed by atoms with van der Waals surface area (Å²) >= 11 is 16.4. The van der Waals surface area contributed by atoms with Gasteiger partial charge in [-0.05, 0) is 0 Å². The smallest absolute Gasteiger partial charge is 0.350 e. The molecule has 0 aliphatic carbocycles. The van der Waals surface area contributed by atoms with Crippen LogP contribution in [0.1, 0.15) is 10.4 Å². The third kappa shape index (κ3) is 2.17. The molecule has 0 saturated carbocycles. The van der Waals surface area contributed by atoms with Crippen molar-refractivity contribution in [3.63, 3.8) is 0 Å². The van der Waals surface area contributed by atoms with Gasteiger partial charge in [0.25, 0.3) is 0 Å². The van der Waals surface area contributed by atoms with Gasteiger partial charge in [0.1, 0.15) is 10.0 Å². The summed E-state index contributed by atoms with van der Waals surface area (Å²) in [6.07, 6.45) is 0. The molecular formula is C7HCl3N2O6. The second kappa shape index (κ2) is 4.92. The highest BCUT2D eigenvalue weighted by Gasteiger charge is 2.39. The first-order valence-electron chi connectivity index (χ1n) is 3.92. The van der Waals surface area contributed by atoms with Crippen molar-refractivity contribution in [2.24, 2.45) is 0 Å². The number of carbonyl (C=O) groups is 1. The summed E-state index contributed by atoms with van der Waals surface area (Å²) < 4.78 is 0. The van der Waals surface area contributed by atoms with Gasteiger partial charge in [0.2, 0.25) is 5.56 Å². The van der Waals surface area contributed by atoms with Gasteiger partial charge in [-0.2, -0.15) is 0 Å². The number of benzene rings is 1. The van der Waals surface area contributed by atoms with Crippen LogP contribution >= 0.6 is 34.8 Å². The number of rotatable bonds is 3. The summed E-state index contributed by atoms with van der Waals surface area (Å²) in [5.74, 6) is -1.91. The van der Waals surface area contributed by atoms with Crippen LogP contribution in [0.3, 0.4) is 0 Å². The van der Waals surface area contributed by atoms with Crippen molar-refractivity contribution in [2.75, 3.05) is 0 Å². The molecule has 96 valence electrons. The Morgan fingerprint density at radius 2 is 1.28 bits per heavy atom. The number of nitro groups is 2. The van der Waals surface area contributed by atoms with E-state index in [1.807, 2.05) is 0 Å². The lowest BCUT2D eigenvalue weighted by atomic mass is 10.1. The highest BCUT2D eigenvalue weighted by Crippen LogP contribution is 2.46. The number of carboxylic acid groups (broad SMARTS) is 1. The highest BCUT2D eigenvalue weighted by atomic mass is 35.5. The quantitative estimate of drug-likeness (QED) is 0.519. The SMILES string of the molecule is O=C(O)c1c([N+](=O)[O-])c(Cl)c(Cl)c(Cl)c1[N+](=O)[O-]. The van der Waals surface area contributed by atoms with Gasteiger partial charge in [0, 0.05) is 0 Å². The molecule has 0 aliphatic heterocycles. The van der Waals surface area contributed by atoms with Crippen LogP contribution in [0.4, 0.5) is 11.4 Å². The molecule has 1 aromatic carbocycles. The molecular weight excluding hydrogens is 314 g/mol. The lowest BCUT2D eigenvalue weighted by molar-refractivity contribution is -0.394. The minimum atomic E-state index is -1.91. The van der Waals surface area contributed by atoms with Crippen LogP contribution in [0.15, 0.2) is 0 Å². The molecule has 0 bridgehead atoms. The van der Waals surface area contributed by atoms with Crippen molar-refractivity contribution in [1.29, 1.82) is 0 Å². The van der Waals surface area contributed by atoms with E-state index in [0.29, 0.717) is 0 Å². The molecule has 1 aromatic rings. The Labute approximate surface area is 113 Å². The van der Waals surface area contributed by atoms with Gasteiger partial charge in [-0.25, -0.2) is 4.79 Å². The predicted octanol–water partition coefficient (Wildman–Crippen LogP) is 3.16. The van der Waals surface area contributed by atoms with Gasteiger partial charge in [-0.15, -0.1) is 0 Å². The highest BCUT2D eigenvalue weighted by molar-refractivity contribution is 6.50. The Kier molecular flexibility index (Phi) is 3.95. The number of carboxylic acids is 1. The van der Waals surface area contributed by atoms with Crippen molar-refractivity contribution < 1.29 is 19.7 Å². The maximum atomic E-state index is 10.9. The van der Waals surface area contributed by atoms with E-state index in [1.54, 1.807) is 0 Å². The van der Waals surface area contributed by atoms with E-state index in [-0.39, 0.29) is 0 Å². The molecule has 1 N–H and O–H groups in total. The van der Waals surface area contributed by atoms with E-state index in [0.717, 1.165) is 0 Å². The third-order valence-corrected chi connectivity index (χ3v) is 3.16. The number of halogens is 3. The average Bonchev–Trinajstić information content (AvgIpc) is 2.23. The van der Waals surface area contributed by atoms with Crippen molar-refractivity contribution >= 4 is 52.1 Å². The van der Waals surface area contributed by atoms with E-state index in [9.17, 15) is 25.0 Å². The number of aromatic carboxylic acids is 1.